The molecule has 0 aromatic heterocycles. The molecule has 0 spiro atoms. The molecule has 0 fully saturated rings. The van der Waals surface area contributed by atoms with E-state index in [0.717, 1.165) is 5.56 Å². The van der Waals surface area contributed by atoms with Gasteiger partial charge in [0.1, 0.15) is 0 Å². The van der Waals surface area contributed by atoms with Crippen molar-refractivity contribution in [2.75, 3.05) is 21.2 Å². The fourth-order valence-electron chi connectivity index (χ4n) is 1.47. The van der Waals surface area contributed by atoms with Crippen LogP contribution in [-0.2, 0) is 13.7 Å². The Morgan fingerprint density at radius 1 is 1.37 bits per heavy atom. The van der Waals surface area contributed by atoms with Gasteiger partial charge in [-0.3, -0.25) is 0 Å². The maximum atomic E-state index is 10.7. The minimum absolute atomic E-state index is 0.0666. The molecule has 1 rings (SSSR count). The Hall–Kier alpha value is -0.631. The second-order valence-electron chi connectivity index (χ2n) is 4.10. The average molecular weight is 354 g/mol. The van der Waals surface area contributed by atoms with E-state index in [0.29, 0.717) is 10.2 Å². The van der Waals surface area contributed by atoms with Gasteiger partial charge < -0.3 is 0 Å². The third-order valence-corrected chi connectivity index (χ3v) is 5.67. The number of methoxy groups -OCH3 is 1. The van der Waals surface area contributed by atoms with Crippen LogP contribution in [0.25, 0.3) is 0 Å². The molecule has 0 heterocycles. The summed E-state index contributed by atoms with van der Waals surface area (Å²) in [7, 11) is 0.897. The van der Waals surface area contributed by atoms with Gasteiger partial charge in [0.05, 0.1) is 0 Å². The molecule has 0 aliphatic heterocycles. The van der Waals surface area contributed by atoms with Gasteiger partial charge in [-0.05, 0) is 0 Å². The molecule has 19 heavy (non-hydrogen) atoms. The van der Waals surface area contributed by atoms with Crippen molar-refractivity contribution in [3.8, 4) is 5.75 Å². The van der Waals surface area contributed by atoms with Gasteiger partial charge in [-0.1, -0.05) is 0 Å². The van der Waals surface area contributed by atoms with Crippen molar-refractivity contribution in [2.45, 2.75) is 13.0 Å². The molecular formula is C11H17NO5SSe. The van der Waals surface area contributed by atoms with Crippen LogP contribution < -0.4 is 9.20 Å². The molecule has 8 heteroatoms. The Morgan fingerprint density at radius 2 is 2.00 bits per heavy atom. The minimum atomic E-state index is -4.45. The van der Waals surface area contributed by atoms with Crippen LogP contribution in [0.5, 0.6) is 5.75 Å². The molecular weight excluding hydrogens is 337 g/mol. The van der Waals surface area contributed by atoms with Crippen LogP contribution in [-0.4, -0.2) is 54.4 Å². The van der Waals surface area contributed by atoms with Gasteiger partial charge in [0, 0.05) is 0 Å². The summed E-state index contributed by atoms with van der Waals surface area (Å²) in [5.74, 6) is 0.551. The Balaban J connectivity index is 3.16. The summed E-state index contributed by atoms with van der Waals surface area (Å²) in [4.78, 5) is 1.99. The zero-order chi connectivity index (χ0) is 14.6. The molecule has 0 saturated heterocycles. The van der Waals surface area contributed by atoms with E-state index in [1.807, 2.05) is 38.1 Å². The number of hydrogen-bond acceptors (Lipinski definition) is 5. The van der Waals surface area contributed by atoms with Gasteiger partial charge in [-0.15, -0.1) is 0 Å². The monoisotopic (exact) mass is 355 g/mol. The van der Waals surface area contributed by atoms with Gasteiger partial charge in [-0.2, -0.15) is 0 Å². The fraction of sp³-hybridized carbons (Fsp3) is 0.455. The van der Waals surface area contributed by atoms with E-state index in [1.165, 1.54) is 7.11 Å². The van der Waals surface area contributed by atoms with Crippen molar-refractivity contribution in [3.05, 3.63) is 23.8 Å². The van der Waals surface area contributed by atoms with Crippen molar-refractivity contribution >= 4 is 30.1 Å². The van der Waals surface area contributed by atoms with Gasteiger partial charge in [0.25, 0.3) is 0 Å². The van der Waals surface area contributed by atoms with Crippen LogP contribution in [0, 0.1) is 0 Å². The molecule has 0 aliphatic carbocycles. The summed E-state index contributed by atoms with van der Waals surface area (Å²) in [6.45, 7) is 1.99. The van der Waals surface area contributed by atoms with E-state index in [4.69, 9.17) is 9.29 Å². The molecule has 108 valence electrons. The first-order valence-electron chi connectivity index (χ1n) is 5.43. The van der Waals surface area contributed by atoms with E-state index in [-0.39, 0.29) is 6.04 Å². The Labute approximate surface area is 120 Å². The first-order valence-corrected chi connectivity index (χ1v) is 8.35. The molecule has 0 bridgehead atoms. The van der Waals surface area contributed by atoms with Crippen LogP contribution in [0.1, 0.15) is 18.5 Å². The number of hydrogen-bond donors (Lipinski definition) is 1. The average Bonchev–Trinajstić information content (AvgIpc) is 2.33. The number of nitrogens with zero attached hydrogens (tertiary/aromatic N) is 1. The topological polar surface area (TPSA) is 76.1 Å². The van der Waals surface area contributed by atoms with E-state index >= 15 is 0 Å². The molecule has 1 aromatic carbocycles. The van der Waals surface area contributed by atoms with Gasteiger partial charge in [0.2, 0.25) is 0 Å². The van der Waals surface area contributed by atoms with E-state index in [1.54, 1.807) is 6.07 Å². The Morgan fingerprint density at radius 3 is 2.47 bits per heavy atom. The van der Waals surface area contributed by atoms with E-state index in [9.17, 15) is 8.42 Å². The van der Waals surface area contributed by atoms with Crippen molar-refractivity contribution in [1.82, 2.24) is 4.90 Å². The molecule has 0 amide bonds. The van der Waals surface area contributed by atoms with E-state index in [2.05, 4.69) is 3.27 Å². The zero-order valence-corrected chi connectivity index (χ0v) is 13.7. The van der Waals surface area contributed by atoms with Crippen molar-refractivity contribution in [1.29, 1.82) is 0 Å². The zero-order valence-electron chi connectivity index (χ0n) is 11.2. The SMILES string of the molecule is COc1cccc([C@@H](C)N(C)C)c1[Se]OS(=O)(=O)O. The predicted octanol–water partition coefficient (Wildman–Crippen LogP) is 0.382. The summed E-state index contributed by atoms with van der Waals surface area (Å²) in [5, 5.41) is 0. The number of benzene rings is 1. The maximum absolute atomic E-state index is 10.7. The molecule has 1 N–H and O–H groups in total. The molecule has 0 saturated carbocycles. The third kappa shape index (κ3) is 4.76. The molecule has 0 unspecified atom stereocenters. The summed E-state index contributed by atoms with van der Waals surface area (Å²) in [6, 6.07) is 5.52. The van der Waals surface area contributed by atoms with E-state index < -0.39 is 25.7 Å². The first-order chi connectivity index (χ1) is 8.76. The predicted molar refractivity (Wildman–Crippen MR) is 73.1 cm³/mol. The number of ether oxygens (including phenoxy) is 1. The number of rotatable bonds is 6. The molecule has 0 radical (unpaired) electrons. The van der Waals surface area contributed by atoms with Crippen LogP contribution in [0.3, 0.4) is 0 Å². The Kier molecular flexibility index (Phi) is 5.79. The quantitative estimate of drug-likeness (QED) is 0.588. The summed E-state index contributed by atoms with van der Waals surface area (Å²) in [5.41, 5.74) is 0.910. The molecule has 6 nitrogen and oxygen atoms in total. The van der Waals surface area contributed by atoms with Crippen molar-refractivity contribution in [3.63, 3.8) is 0 Å². The summed E-state index contributed by atoms with van der Waals surface area (Å²) >= 11 is -0.889. The Bertz CT molecular complexity index is 532. The van der Waals surface area contributed by atoms with Gasteiger partial charge >= 0.3 is 120 Å². The van der Waals surface area contributed by atoms with Crippen LogP contribution in [0.15, 0.2) is 18.2 Å². The normalized spacial score (nSPS) is 13.6. The molecule has 0 aliphatic rings. The van der Waals surface area contributed by atoms with Crippen LogP contribution >= 0.6 is 0 Å². The van der Waals surface area contributed by atoms with Gasteiger partial charge in [-0.25, -0.2) is 0 Å². The fourth-order valence-corrected chi connectivity index (χ4v) is 3.78. The second kappa shape index (κ2) is 6.69. The first kappa shape index (κ1) is 16.4. The van der Waals surface area contributed by atoms with Gasteiger partial charge in [0.15, 0.2) is 0 Å². The van der Waals surface area contributed by atoms with Crippen molar-refractivity contribution < 1.29 is 21.0 Å². The standard InChI is InChI=1S/C11H17NO5SSe/c1-8(12(2)3)9-6-5-7-10(16-4)11(9)19-17-18(13,14)15/h5-8H,1-4H3,(H,13,14,15)/t8-/m1/s1. The second-order valence-corrected chi connectivity index (χ2v) is 7.15. The van der Waals surface area contributed by atoms with Crippen LogP contribution in [0.4, 0.5) is 0 Å². The molecule has 1 aromatic rings. The summed E-state index contributed by atoms with van der Waals surface area (Å²) < 4.78 is 40.5. The van der Waals surface area contributed by atoms with Crippen molar-refractivity contribution in [2.24, 2.45) is 0 Å². The summed E-state index contributed by atoms with van der Waals surface area (Å²) in [6.07, 6.45) is 0. The van der Waals surface area contributed by atoms with Crippen LogP contribution in [0.2, 0.25) is 0 Å². The third-order valence-electron chi connectivity index (χ3n) is 2.66. The molecule has 1 atom stereocenters.